The molecule has 0 aliphatic carbocycles. The van der Waals surface area contributed by atoms with Gasteiger partial charge in [-0.15, -0.1) is 0 Å². The SMILES string of the molecule is COc1cc(N)ccc1C(=O)NCCOCC(F)F. The van der Waals surface area contributed by atoms with Crippen LogP contribution in [0.1, 0.15) is 10.4 Å². The standard InChI is InChI=1S/C12H16F2N2O3/c1-18-10-6-8(15)2-3-9(10)12(17)16-4-5-19-7-11(13)14/h2-3,6,11H,4-5,7,15H2,1H3,(H,16,17). The third kappa shape index (κ3) is 5.09. The second-order valence-corrected chi connectivity index (χ2v) is 3.68. The van der Waals surface area contributed by atoms with Crippen LogP contribution in [-0.4, -0.2) is 39.2 Å². The number of amides is 1. The van der Waals surface area contributed by atoms with Crippen molar-refractivity contribution in [1.29, 1.82) is 0 Å². The largest absolute Gasteiger partial charge is 0.496 e. The Hall–Kier alpha value is -1.89. The zero-order valence-corrected chi connectivity index (χ0v) is 10.5. The summed E-state index contributed by atoms with van der Waals surface area (Å²) >= 11 is 0. The second kappa shape index (κ2) is 7.52. The van der Waals surface area contributed by atoms with E-state index in [-0.39, 0.29) is 19.1 Å². The van der Waals surface area contributed by atoms with Gasteiger partial charge in [0, 0.05) is 18.3 Å². The van der Waals surface area contributed by atoms with Crippen molar-refractivity contribution in [1.82, 2.24) is 5.32 Å². The van der Waals surface area contributed by atoms with Crippen LogP contribution in [0.5, 0.6) is 5.75 Å². The van der Waals surface area contributed by atoms with Crippen LogP contribution in [0, 0.1) is 0 Å². The fourth-order valence-electron chi connectivity index (χ4n) is 1.40. The molecule has 0 heterocycles. The molecule has 0 saturated heterocycles. The topological polar surface area (TPSA) is 73.6 Å². The number of hydrogen-bond donors (Lipinski definition) is 2. The number of halogens is 2. The normalized spacial score (nSPS) is 10.5. The lowest BCUT2D eigenvalue weighted by molar-refractivity contribution is 0.0188. The van der Waals surface area contributed by atoms with Crippen LogP contribution in [-0.2, 0) is 4.74 Å². The van der Waals surface area contributed by atoms with E-state index >= 15 is 0 Å². The molecule has 3 N–H and O–H groups in total. The molecule has 7 heteroatoms. The number of alkyl halides is 2. The van der Waals surface area contributed by atoms with Gasteiger partial charge in [0.25, 0.3) is 12.3 Å². The van der Waals surface area contributed by atoms with E-state index in [1.54, 1.807) is 6.07 Å². The molecule has 19 heavy (non-hydrogen) atoms. The highest BCUT2D eigenvalue weighted by Gasteiger charge is 2.11. The van der Waals surface area contributed by atoms with Crippen molar-refractivity contribution in [2.75, 3.05) is 32.6 Å². The molecule has 0 saturated carbocycles. The molecule has 1 aromatic carbocycles. The molecule has 0 fully saturated rings. The summed E-state index contributed by atoms with van der Waals surface area (Å²) in [5.41, 5.74) is 6.37. The van der Waals surface area contributed by atoms with E-state index in [2.05, 4.69) is 10.1 Å². The van der Waals surface area contributed by atoms with E-state index in [0.717, 1.165) is 0 Å². The summed E-state index contributed by atoms with van der Waals surface area (Å²) in [5.74, 6) is -0.0245. The Morgan fingerprint density at radius 1 is 1.47 bits per heavy atom. The maximum absolute atomic E-state index is 11.8. The van der Waals surface area contributed by atoms with E-state index in [9.17, 15) is 13.6 Å². The third-order valence-corrected chi connectivity index (χ3v) is 2.25. The van der Waals surface area contributed by atoms with Crippen LogP contribution in [0.15, 0.2) is 18.2 Å². The molecule has 0 atom stereocenters. The van der Waals surface area contributed by atoms with Gasteiger partial charge >= 0.3 is 0 Å². The fraction of sp³-hybridized carbons (Fsp3) is 0.417. The van der Waals surface area contributed by atoms with Crippen molar-refractivity contribution in [2.24, 2.45) is 0 Å². The van der Waals surface area contributed by atoms with Crippen molar-refractivity contribution >= 4 is 11.6 Å². The first-order valence-electron chi connectivity index (χ1n) is 5.62. The Bertz CT molecular complexity index is 427. The molecule has 1 amide bonds. The lowest BCUT2D eigenvalue weighted by Gasteiger charge is -2.10. The molecule has 0 aliphatic heterocycles. The summed E-state index contributed by atoms with van der Waals surface area (Å²) in [4.78, 5) is 11.8. The number of ether oxygens (including phenoxy) is 2. The number of carbonyl (C=O) groups excluding carboxylic acids is 1. The lowest BCUT2D eigenvalue weighted by atomic mass is 10.1. The predicted octanol–water partition coefficient (Wildman–Crippen LogP) is 1.29. The summed E-state index contributed by atoms with van der Waals surface area (Å²) in [6.45, 7) is -0.479. The number of methoxy groups -OCH3 is 1. The first-order valence-corrected chi connectivity index (χ1v) is 5.62. The van der Waals surface area contributed by atoms with Crippen LogP contribution >= 0.6 is 0 Å². The van der Waals surface area contributed by atoms with E-state index in [1.165, 1.54) is 19.2 Å². The minimum Gasteiger partial charge on any atom is -0.496 e. The van der Waals surface area contributed by atoms with Gasteiger partial charge in [0.05, 0.1) is 19.3 Å². The molecule has 1 rings (SSSR count). The molecule has 0 aliphatic rings. The Balaban J connectivity index is 2.45. The van der Waals surface area contributed by atoms with Gasteiger partial charge in [-0.3, -0.25) is 4.79 Å². The number of benzene rings is 1. The van der Waals surface area contributed by atoms with Crippen LogP contribution in [0.3, 0.4) is 0 Å². The lowest BCUT2D eigenvalue weighted by Crippen LogP contribution is -2.28. The fourth-order valence-corrected chi connectivity index (χ4v) is 1.40. The Kier molecular flexibility index (Phi) is 6.01. The van der Waals surface area contributed by atoms with Gasteiger partial charge in [-0.05, 0) is 12.1 Å². The van der Waals surface area contributed by atoms with Gasteiger partial charge in [-0.1, -0.05) is 0 Å². The van der Waals surface area contributed by atoms with E-state index in [4.69, 9.17) is 10.5 Å². The van der Waals surface area contributed by atoms with Gasteiger partial charge < -0.3 is 20.5 Å². The average molecular weight is 274 g/mol. The summed E-state index contributed by atoms with van der Waals surface area (Å²) in [6.07, 6.45) is -2.51. The highest BCUT2D eigenvalue weighted by Crippen LogP contribution is 2.21. The third-order valence-electron chi connectivity index (χ3n) is 2.25. The predicted molar refractivity (Wildman–Crippen MR) is 66.6 cm³/mol. The van der Waals surface area contributed by atoms with Gasteiger partial charge in [0.2, 0.25) is 0 Å². The van der Waals surface area contributed by atoms with Crippen molar-refractivity contribution in [2.45, 2.75) is 6.43 Å². The summed E-state index contributed by atoms with van der Waals surface area (Å²) in [5, 5.41) is 2.54. The summed E-state index contributed by atoms with van der Waals surface area (Å²) < 4.78 is 33.2. The van der Waals surface area contributed by atoms with Gasteiger partial charge in [0.1, 0.15) is 12.4 Å². The zero-order chi connectivity index (χ0) is 14.3. The van der Waals surface area contributed by atoms with Crippen molar-refractivity contribution in [3.8, 4) is 5.75 Å². The van der Waals surface area contributed by atoms with Crippen LogP contribution < -0.4 is 15.8 Å². The maximum Gasteiger partial charge on any atom is 0.261 e. The van der Waals surface area contributed by atoms with Gasteiger partial charge in [-0.25, -0.2) is 8.78 Å². The van der Waals surface area contributed by atoms with E-state index in [1.807, 2.05) is 0 Å². The Morgan fingerprint density at radius 2 is 2.21 bits per heavy atom. The van der Waals surface area contributed by atoms with Crippen LogP contribution in [0.2, 0.25) is 0 Å². The molecule has 0 unspecified atom stereocenters. The minimum atomic E-state index is -2.51. The molecule has 1 aromatic rings. The highest BCUT2D eigenvalue weighted by molar-refractivity contribution is 5.97. The first kappa shape index (κ1) is 15.2. The smallest absolute Gasteiger partial charge is 0.261 e. The molecule has 0 aromatic heterocycles. The first-order chi connectivity index (χ1) is 9.04. The molecule has 106 valence electrons. The molecule has 0 radical (unpaired) electrons. The van der Waals surface area contributed by atoms with Crippen LogP contribution in [0.4, 0.5) is 14.5 Å². The second-order valence-electron chi connectivity index (χ2n) is 3.68. The average Bonchev–Trinajstić information content (AvgIpc) is 2.37. The molecule has 5 nitrogen and oxygen atoms in total. The van der Waals surface area contributed by atoms with Crippen molar-refractivity contribution in [3.63, 3.8) is 0 Å². The zero-order valence-electron chi connectivity index (χ0n) is 10.5. The maximum atomic E-state index is 11.8. The Morgan fingerprint density at radius 3 is 2.84 bits per heavy atom. The molecule has 0 bridgehead atoms. The summed E-state index contributed by atoms with van der Waals surface area (Å²) in [7, 11) is 1.43. The van der Waals surface area contributed by atoms with Gasteiger partial charge in [0.15, 0.2) is 0 Å². The molecular formula is C12H16F2N2O3. The molecule has 0 spiro atoms. The van der Waals surface area contributed by atoms with E-state index < -0.39 is 13.0 Å². The highest BCUT2D eigenvalue weighted by atomic mass is 19.3. The van der Waals surface area contributed by atoms with Crippen molar-refractivity contribution in [3.05, 3.63) is 23.8 Å². The number of carbonyl (C=O) groups is 1. The number of nitrogens with two attached hydrogens (primary N) is 1. The van der Waals surface area contributed by atoms with Crippen molar-refractivity contribution < 1.29 is 23.0 Å². The quantitative estimate of drug-likeness (QED) is 0.580. The molecular weight excluding hydrogens is 258 g/mol. The van der Waals surface area contributed by atoms with Gasteiger partial charge in [-0.2, -0.15) is 0 Å². The number of hydrogen-bond acceptors (Lipinski definition) is 4. The van der Waals surface area contributed by atoms with E-state index in [0.29, 0.717) is 17.0 Å². The number of anilines is 1. The number of rotatable bonds is 7. The monoisotopic (exact) mass is 274 g/mol. The summed E-state index contributed by atoms with van der Waals surface area (Å²) in [6, 6.07) is 4.64. The van der Waals surface area contributed by atoms with Crippen LogP contribution in [0.25, 0.3) is 0 Å². The number of nitrogen functional groups attached to an aromatic ring is 1. The minimum absolute atomic E-state index is 0.0212. The Labute approximate surface area is 109 Å². The number of nitrogens with one attached hydrogen (secondary N) is 1.